The average Bonchev–Trinajstić information content (AvgIpc) is 3.44. The molecule has 5 rings (SSSR count). The summed E-state index contributed by atoms with van der Waals surface area (Å²) in [6, 6.07) is 12.0. The Hall–Kier alpha value is -3.69. The van der Waals surface area contributed by atoms with Gasteiger partial charge in [0.25, 0.3) is 6.29 Å². The van der Waals surface area contributed by atoms with Crippen molar-refractivity contribution < 1.29 is 63.5 Å². The molecule has 6 unspecified atom stereocenters. The highest BCUT2D eigenvalue weighted by Gasteiger charge is 2.77. The van der Waals surface area contributed by atoms with Gasteiger partial charge in [-0.15, -0.1) is 6.58 Å². The van der Waals surface area contributed by atoms with Gasteiger partial charge >= 0.3 is 5.97 Å². The van der Waals surface area contributed by atoms with Crippen LogP contribution in [0.4, 0.5) is 0 Å². The van der Waals surface area contributed by atoms with Gasteiger partial charge in [0.2, 0.25) is 6.29 Å². The third-order valence-electron chi connectivity index (χ3n) is 8.76. The van der Waals surface area contributed by atoms with E-state index in [1.54, 1.807) is 50.3 Å². The Morgan fingerprint density at radius 3 is 2.40 bits per heavy atom. The van der Waals surface area contributed by atoms with Crippen LogP contribution >= 0.6 is 0 Å². The minimum atomic E-state index is -2.13. The molecule has 0 aromatic heterocycles. The van der Waals surface area contributed by atoms with Crippen LogP contribution in [-0.4, -0.2) is 103 Å². The summed E-state index contributed by atoms with van der Waals surface area (Å²) in [4.78, 5) is 13.1. The van der Waals surface area contributed by atoms with Crippen LogP contribution in [0.2, 0.25) is 0 Å². The van der Waals surface area contributed by atoms with Crippen molar-refractivity contribution in [1.29, 1.82) is 0 Å². The van der Waals surface area contributed by atoms with E-state index in [1.165, 1.54) is 33.5 Å². The molecule has 3 aliphatic rings. The zero-order valence-electron chi connectivity index (χ0n) is 27.1. The van der Waals surface area contributed by atoms with Gasteiger partial charge < -0.3 is 58.7 Å². The van der Waals surface area contributed by atoms with Crippen molar-refractivity contribution in [3.8, 4) is 17.2 Å². The Kier molecular flexibility index (Phi) is 11.6. The Labute approximate surface area is 273 Å². The summed E-state index contributed by atoms with van der Waals surface area (Å²) in [5.41, 5.74) is -2.93. The van der Waals surface area contributed by atoms with Crippen LogP contribution in [0.15, 0.2) is 67.0 Å². The lowest BCUT2D eigenvalue weighted by atomic mass is 9.72. The van der Waals surface area contributed by atoms with Gasteiger partial charge in [-0.1, -0.05) is 42.5 Å². The molecule has 47 heavy (non-hydrogen) atoms. The third kappa shape index (κ3) is 6.44. The van der Waals surface area contributed by atoms with E-state index in [0.717, 1.165) is 0 Å². The van der Waals surface area contributed by atoms with Crippen LogP contribution in [0.1, 0.15) is 37.3 Å². The standard InChI is InChI=1S/C30H36O12.C4H8O/c1-5-11-29-23(16-9-7-6-8-10-16)22(26(34)37-3)25(33)30(29,35)24-19(36-2)12-17(13-20(24)42-29)40-28-27(38-4)39-15-21(41-28)18(32)14-31;1-3-4(2)5/h5-10,12-13,18,21-23,25,27-28,31-33,35H,1,11,14-15H2,2-4H3;3,5H,1-2H3/b;4-3+/t18?,21?,22-,23?,25-,27?,28?,29?,30-;/m1./s1. The van der Waals surface area contributed by atoms with E-state index < -0.39 is 66.5 Å². The second-order valence-electron chi connectivity index (χ2n) is 11.4. The predicted molar refractivity (Wildman–Crippen MR) is 167 cm³/mol. The molecule has 258 valence electrons. The highest BCUT2D eigenvalue weighted by Crippen LogP contribution is 2.67. The van der Waals surface area contributed by atoms with E-state index in [-0.39, 0.29) is 35.8 Å². The van der Waals surface area contributed by atoms with Gasteiger partial charge in [-0.05, 0) is 19.4 Å². The van der Waals surface area contributed by atoms with E-state index in [0.29, 0.717) is 11.3 Å². The molecule has 1 saturated carbocycles. The van der Waals surface area contributed by atoms with Gasteiger partial charge in [-0.3, -0.25) is 4.79 Å². The minimum absolute atomic E-state index is 0.0338. The number of allylic oxidation sites excluding steroid dienone is 2. The Morgan fingerprint density at radius 1 is 1.17 bits per heavy atom. The molecule has 13 nitrogen and oxygen atoms in total. The highest BCUT2D eigenvalue weighted by molar-refractivity contribution is 5.78. The summed E-state index contributed by atoms with van der Waals surface area (Å²) >= 11 is 0. The summed E-state index contributed by atoms with van der Waals surface area (Å²) in [7, 11) is 4.01. The molecule has 2 aliphatic heterocycles. The van der Waals surface area contributed by atoms with E-state index in [1.807, 2.05) is 6.07 Å². The summed E-state index contributed by atoms with van der Waals surface area (Å²) in [5.74, 6) is -1.91. The number of ether oxygens (including phenoxy) is 7. The third-order valence-corrected chi connectivity index (χ3v) is 8.76. The van der Waals surface area contributed by atoms with Gasteiger partial charge in [0.05, 0.1) is 44.7 Å². The lowest BCUT2D eigenvalue weighted by Crippen LogP contribution is -2.54. The van der Waals surface area contributed by atoms with Crippen LogP contribution in [-0.2, 0) is 29.3 Å². The van der Waals surface area contributed by atoms with Crippen LogP contribution in [0.3, 0.4) is 0 Å². The first-order chi connectivity index (χ1) is 22.5. The monoisotopic (exact) mass is 660 g/mol. The lowest BCUT2D eigenvalue weighted by molar-refractivity contribution is -0.324. The number of hydrogen-bond donors (Lipinski definition) is 5. The maximum Gasteiger partial charge on any atom is 0.312 e. The lowest BCUT2D eigenvalue weighted by Gasteiger charge is -2.39. The molecule has 2 fully saturated rings. The van der Waals surface area contributed by atoms with Crippen molar-refractivity contribution >= 4 is 5.97 Å². The summed E-state index contributed by atoms with van der Waals surface area (Å²) in [6.45, 7) is 6.72. The van der Waals surface area contributed by atoms with Crippen LogP contribution in [0.25, 0.3) is 0 Å². The Balaban J connectivity index is 0.000000930. The fourth-order valence-corrected chi connectivity index (χ4v) is 6.50. The van der Waals surface area contributed by atoms with Crippen molar-refractivity contribution in [3.63, 3.8) is 0 Å². The first-order valence-corrected chi connectivity index (χ1v) is 15.1. The number of aliphatic hydroxyl groups is 5. The van der Waals surface area contributed by atoms with Gasteiger partial charge in [0, 0.05) is 31.6 Å². The van der Waals surface area contributed by atoms with E-state index in [2.05, 4.69) is 6.58 Å². The molecule has 2 aromatic rings. The Morgan fingerprint density at radius 2 is 1.85 bits per heavy atom. The van der Waals surface area contributed by atoms with Crippen molar-refractivity contribution in [2.24, 2.45) is 5.92 Å². The maximum atomic E-state index is 13.1. The predicted octanol–water partition coefficient (Wildman–Crippen LogP) is 2.45. The second-order valence-corrected chi connectivity index (χ2v) is 11.4. The van der Waals surface area contributed by atoms with Crippen molar-refractivity contribution in [2.45, 2.75) is 68.3 Å². The number of esters is 1. The molecule has 0 amide bonds. The molecule has 13 heteroatoms. The smallest absolute Gasteiger partial charge is 0.312 e. The summed E-state index contributed by atoms with van der Waals surface area (Å²) < 4.78 is 40.2. The first-order valence-electron chi connectivity index (χ1n) is 15.1. The number of aliphatic hydroxyl groups excluding tert-OH is 4. The fraction of sp³-hybridized carbons (Fsp3) is 0.500. The number of hydrogen-bond acceptors (Lipinski definition) is 13. The molecule has 0 spiro atoms. The van der Waals surface area contributed by atoms with Crippen LogP contribution in [0, 0.1) is 5.92 Å². The maximum absolute atomic E-state index is 13.1. The number of methoxy groups -OCH3 is 3. The second kappa shape index (κ2) is 15.0. The molecule has 0 bridgehead atoms. The summed E-state index contributed by atoms with van der Waals surface area (Å²) in [6.07, 6.45) is -2.61. The van der Waals surface area contributed by atoms with Gasteiger partial charge in [-0.2, -0.15) is 0 Å². The normalized spacial score (nSPS) is 31.7. The molecule has 2 aromatic carbocycles. The van der Waals surface area contributed by atoms with E-state index in [9.17, 15) is 25.2 Å². The number of fused-ring (bicyclic) bond motifs is 3. The van der Waals surface area contributed by atoms with Crippen LogP contribution in [0.5, 0.6) is 17.2 Å². The van der Waals surface area contributed by atoms with Gasteiger partial charge in [0.1, 0.15) is 35.6 Å². The topological polar surface area (TPSA) is 183 Å². The van der Waals surface area contributed by atoms with Gasteiger partial charge in [-0.25, -0.2) is 0 Å². The molecule has 1 saturated heterocycles. The average molecular weight is 661 g/mol. The number of benzene rings is 2. The molecular weight excluding hydrogens is 616 g/mol. The van der Waals surface area contributed by atoms with E-state index >= 15 is 0 Å². The molecular formula is C34H44O13. The van der Waals surface area contributed by atoms with Gasteiger partial charge in [0.15, 0.2) is 11.2 Å². The molecule has 9 atom stereocenters. The molecule has 2 heterocycles. The van der Waals surface area contributed by atoms with Crippen LogP contribution < -0.4 is 14.2 Å². The number of carbonyl (C=O) groups is 1. The van der Waals surface area contributed by atoms with Crippen molar-refractivity contribution in [1.82, 2.24) is 0 Å². The minimum Gasteiger partial charge on any atom is -0.513 e. The fourth-order valence-electron chi connectivity index (χ4n) is 6.50. The summed E-state index contributed by atoms with van der Waals surface area (Å²) in [5, 5.41) is 52.0. The zero-order chi connectivity index (χ0) is 34.5. The highest BCUT2D eigenvalue weighted by atomic mass is 16.8. The molecule has 1 aliphatic carbocycles. The number of rotatable bonds is 10. The molecule has 5 N–H and O–H groups in total. The van der Waals surface area contributed by atoms with Crippen molar-refractivity contribution in [2.75, 3.05) is 34.5 Å². The van der Waals surface area contributed by atoms with E-state index in [4.69, 9.17) is 38.3 Å². The van der Waals surface area contributed by atoms with Crippen molar-refractivity contribution in [3.05, 3.63) is 78.1 Å². The molecule has 0 radical (unpaired) electrons. The largest absolute Gasteiger partial charge is 0.513 e. The zero-order valence-corrected chi connectivity index (χ0v) is 27.1. The quantitative estimate of drug-likeness (QED) is 0.143. The first kappa shape index (κ1) is 36.2. The SMILES string of the molecule is C/C=C(\C)O.C=CCC12Oc3cc(OC4OC(C(O)CO)COC4OC)cc(OC)c3[C@@]1(O)[C@H](O)[C@H](C(=O)OC)C2c1ccccc1. The number of carbonyl (C=O) groups excluding carboxylic acids is 1. The Bertz CT molecular complexity index is 1410.